The van der Waals surface area contributed by atoms with Crippen LogP contribution in [0.2, 0.25) is 5.02 Å². The van der Waals surface area contributed by atoms with E-state index in [1.165, 1.54) is 23.1 Å². The first-order chi connectivity index (χ1) is 12.8. The van der Waals surface area contributed by atoms with E-state index in [2.05, 4.69) is 11.1 Å². The molecule has 0 saturated carbocycles. The van der Waals surface area contributed by atoms with Crippen molar-refractivity contribution in [3.05, 3.63) is 57.9 Å². The lowest BCUT2D eigenvalue weighted by Gasteiger charge is -2.28. The van der Waals surface area contributed by atoms with Gasteiger partial charge in [-0.05, 0) is 62.6 Å². The molecule has 1 aromatic carbocycles. The molecule has 0 aliphatic carbocycles. The van der Waals surface area contributed by atoms with Crippen molar-refractivity contribution in [2.75, 3.05) is 20.2 Å². The maximum absolute atomic E-state index is 13.1. The average molecular weight is 407 g/mol. The molecule has 0 radical (unpaired) electrons. The number of halogens is 1. The van der Waals surface area contributed by atoms with Crippen molar-refractivity contribution in [3.63, 3.8) is 0 Å². The van der Waals surface area contributed by atoms with Gasteiger partial charge in [0.15, 0.2) is 0 Å². The largest absolute Gasteiger partial charge is 0.495 e. The summed E-state index contributed by atoms with van der Waals surface area (Å²) in [5.41, 5.74) is 3.86. The molecule has 5 nitrogen and oxygen atoms in total. The summed E-state index contributed by atoms with van der Waals surface area (Å²) in [7, 11) is -2.20. The van der Waals surface area contributed by atoms with Crippen molar-refractivity contribution in [1.82, 2.24) is 9.29 Å². The quantitative estimate of drug-likeness (QED) is 0.762. The molecule has 2 heterocycles. The van der Waals surface area contributed by atoms with Crippen LogP contribution < -0.4 is 4.74 Å². The van der Waals surface area contributed by atoms with Crippen molar-refractivity contribution in [3.8, 4) is 5.75 Å². The summed E-state index contributed by atoms with van der Waals surface area (Å²) in [6.45, 7) is 4.62. The van der Waals surface area contributed by atoms with E-state index in [-0.39, 0.29) is 4.90 Å². The molecule has 2 aromatic rings. The van der Waals surface area contributed by atoms with Gasteiger partial charge in [0.2, 0.25) is 10.0 Å². The number of piperidine rings is 1. The molecule has 7 heteroatoms. The fourth-order valence-corrected chi connectivity index (χ4v) is 4.98. The van der Waals surface area contributed by atoms with Crippen LogP contribution >= 0.6 is 11.6 Å². The lowest BCUT2D eigenvalue weighted by atomic mass is 10.0. The highest BCUT2D eigenvalue weighted by atomic mass is 35.5. The molecule has 1 aromatic heterocycles. The van der Waals surface area contributed by atoms with Crippen molar-refractivity contribution < 1.29 is 13.2 Å². The SMILES string of the molecule is COc1cc(C)c(Cl)cc1S(=O)(=O)N1CCC(=Cc2cccc(C)n2)CC1. The number of methoxy groups -OCH3 is 1. The predicted molar refractivity (Wildman–Crippen MR) is 108 cm³/mol. The zero-order valence-corrected chi connectivity index (χ0v) is 17.3. The Kier molecular flexibility index (Phi) is 5.89. The zero-order chi connectivity index (χ0) is 19.6. The van der Waals surface area contributed by atoms with Crippen molar-refractivity contribution in [2.24, 2.45) is 0 Å². The molecule has 0 atom stereocenters. The summed E-state index contributed by atoms with van der Waals surface area (Å²) in [5.74, 6) is 0.321. The van der Waals surface area contributed by atoms with Gasteiger partial charge in [-0.3, -0.25) is 4.98 Å². The third kappa shape index (κ3) is 4.34. The van der Waals surface area contributed by atoms with E-state index in [1.807, 2.05) is 32.0 Å². The topological polar surface area (TPSA) is 59.5 Å². The van der Waals surface area contributed by atoms with Crippen LogP contribution in [0.25, 0.3) is 6.08 Å². The molecule has 0 spiro atoms. The molecular formula is C20H23ClN2O3S. The van der Waals surface area contributed by atoms with E-state index in [4.69, 9.17) is 16.3 Å². The molecular weight excluding hydrogens is 384 g/mol. The number of hydrogen-bond donors (Lipinski definition) is 0. The second-order valence-corrected chi connectivity index (χ2v) is 8.98. The van der Waals surface area contributed by atoms with Gasteiger partial charge < -0.3 is 4.74 Å². The van der Waals surface area contributed by atoms with Gasteiger partial charge in [-0.15, -0.1) is 0 Å². The molecule has 1 saturated heterocycles. The van der Waals surface area contributed by atoms with Gasteiger partial charge in [-0.25, -0.2) is 8.42 Å². The summed E-state index contributed by atoms with van der Waals surface area (Å²) in [4.78, 5) is 4.60. The number of sulfonamides is 1. The highest BCUT2D eigenvalue weighted by Crippen LogP contribution is 2.33. The van der Waals surface area contributed by atoms with E-state index in [1.54, 1.807) is 6.07 Å². The molecule has 1 aliphatic heterocycles. The fraction of sp³-hybridized carbons (Fsp3) is 0.350. The van der Waals surface area contributed by atoms with Gasteiger partial charge in [0.05, 0.1) is 12.8 Å². The first-order valence-electron chi connectivity index (χ1n) is 8.78. The smallest absolute Gasteiger partial charge is 0.246 e. The first kappa shape index (κ1) is 19.9. The highest BCUT2D eigenvalue weighted by molar-refractivity contribution is 7.89. The van der Waals surface area contributed by atoms with Gasteiger partial charge in [-0.2, -0.15) is 4.31 Å². The summed E-state index contributed by atoms with van der Waals surface area (Å²) in [6, 6.07) is 9.03. The van der Waals surface area contributed by atoms with Crippen LogP contribution in [0, 0.1) is 13.8 Å². The molecule has 144 valence electrons. The molecule has 0 bridgehead atoms. The van der Waals surface area contributed by atoms with Gasteiger partial charge >= 0.3 is 0 Å². The van der Waals surface area contributed by atoms with Crippen LogP contribution in [0.15, 0.2) is 40.8 Å². The lowest BCUT2D eigenvalue weighted by molar-refractivity contribution is 0.376. The van der Waals surface area contributed by atoms with Gasteiger partial charge in [-0.1, -0.05) is 23.2 Å². The predicted octanol–water partition coefficient (Wildman–Crippen LogP) is 4.23. The van der Waals surface area contributed by atoms with E-state index < -0.39 is 10.0 Å². The number of hydrogen-bond acceptors (Lipinski definition) is 4. The van der Waals surface area contributed by atoms with E-state index in [0.717, 1.165) is 17.0 Å². The second kappa shape index (κ2) is 8.00. The van der Waals surface area contributed by atoms with Crippen LogP contribution in [0.1, 0.15) is 29.8 Å². The van der Waals surface area contributed by atoms with Gasteiger partial charge in [0.1, 0.15) is 10.6 Å². The minimum absolute atomic E-state index is 0.119. The summed E-state index contributed by atoms with van der Waals surface area (Å²) in [6.07, 6.45) is 3.41. The molecule has 1 fully saturated rings. The molecule has 27 heavy (non-hydrogen) atoms. The number of ether oxygens (including phenoxy) is 1. The van der Waals surface area contributed by atoms with Crippen molar-refractivity contribution >= 4 is 27.7 Å². The van der Waals surface area contributed by atoms with Crippen molar-refractivity contribution in [1.29, 1.82) is 0 Å². The van der Waals surface area contributed by atoms with Crippen LogP contribution in [0.4, 0.5) is 0 Å². The summed E-state index contributed by atoms with van der Waals surface area (Å²) in [5, 5.41) is 0.414. The van der Waals surface area contributed by atoms with E-state index >= 15 is 0 Å². The van der Waals surface area contributed by atoms with Crippen LogP contribution in [0.3, 0.4) is 0 Å². The standard InChI is InChI=1S/C20H23ClN2O3S/c1-14-11-19(26-3)20(13-18(14)21)27(24,25)23-9-7-16(8-10-23)12-17-6-4-5-15(2)22-17/h4-6,11-13H,7-10H2,1-3H3. The number of aryl methyl sites for hydroxylation is 2. The Balaban J connectivity index is 1.80. The maximum Gasteiger partial charge on any atom is 0.246 e. The third-order valence-corrected chi connectivity index (χ3v) is 7.02. The number of aromatic nitrogens is 1. The minimum Gasteiger partial charge on any atom is -0.495 e. The highest BCUT2D eigenvalue weighted by Gasteiger charge is 2.30. The number of rotatable bonds is 4. The first-order valence-corrected chi connectivity index (χ1v) is 10.6. The number of nitrogens with zero attached hydrogens (tertiary/aromatic N) is 2. The fourth-order valence-electron chi connectivity index (χ4n) is 3.15. The van der Waals surface area contributed by atoms with Gasteiger partial charge in [0.25, 0.3) is 0 Å². The maximum atomic E-state index is 13.1. The number of pyridine rings is 1. The van der Waals surface area contributed by atoms with Crippen LogP contribution in [-0.4, -0.2) is 37.9 Å². The Bertz CT molecular complexity index is 977. The Morgan fingerprint density at radius 1 is 1.19 bits per heavy atom. The third-order valence-electron chi connectivity index (χ3n) is 4.69. The second-order valence-electron chi connectivity index (χ2n) is 6.66. The van der Waals surface area contributed by atoms with Crippen LogP contribution in [0.5, 0.6) is 5.75 Å². The minimum atomic E-state index is -3.67. The number of benzene rings is 1. The Labute approximate surface area is 165 Å². The zero-order valence-electron chi connectivity index (χ0n) is 15.7. The monoisotopic (exact) mass is 406 g/mol. The normalized spacial score (nSPS) is 15.6. The van der Waals surface area contributed by atoms with Crippen molar-refractivity contribution in [2.45, 2.75) is 31.6 Å². The molecule has 0 unspecified atom stereocenters. The van der Waals surface area contributed by atoms with Crippen LogP contribution in [-0.2, 0) is 10.0 Å². The Morgan fingerprint density at radius 2 is 1.89 bits per heavy atom. The lowest BCUT2D eigenvalue weighted by Crippen LogP contribution is -2.36. The molecule has 0 amide bonds. The summed E-state index contributed by atoms with van der Waals surface area (Å²) >= 11 is 6.16. The molecule has 1 aliphatic rings. The molecule has 3 rings (SSSR count). The summed E-state index contributed by atoms with van der Waals surface area (Å²) < 4.78 is 33.0. The van der Waals surface area contributed by atoms with E-state index in [0.29, 0.717) is 36.7 Å². The molecule has 0 N–H and O–H groups in total. The van der Waals surface area contributed by atoms with Gasteiger partial charge in [0, 0.05) is 23.8 Å². The van der Waals surface area contributed by atoms with E-state index in [9.17, 15) is 8.42 Å². The average Bonchev–Trinajstić information content (AvgIpc) is 2.64. The Morgan fingerprint density at radius 3 is 2.52 bits per heavy atom. The Hall–Kier alpha value is -1.89.